The van der Waals surface area contributed by atoms with Crippen LogP contribution in [0, 0.1) is 5.92 Å². The molecule has 0 N–H and O–H groups in total. The Hall–Kier alpha value is -1.33. The van der Waals surface area contributed by atoms with Crippen molar-refractivity contribution in [3.05, 3.63) is 29.8 Å². The normalized spacial score (nSPS) is 21.2. The second kappa shape index (κ2) is 6.89. The minimum Gasteiger partial charge on any atom is -0.425 e. The number of benzene rings is 1. The van der Waals surface area contributed by atoms with E-state index in [4.69, 9.17) is 4.74 Å². The largest absolute Gasteiger partial charge is 0.425 e. The maximum Gasteiger partial charge on any atom is 0.326 e. The summed E-state index contributed by atoms with van der Waals surface area (Å²) in [5, 5.41) is 0. The summed E-state index contributed by atoms with van der Waals surface area (Å²) >= 11 is 0. The topological polar surface area (TPSA) is 53.1 Å². The first kappa shape index (κ1) is 19.0. The van der Waals surface area contributed by atoms with Crippen molar-refractivity contribution >= 4 is 19.5 Å². The third-order valence-electron chi connectivity index (χ3n) is 4.60. The second-order valence-corrected chi connectivity index (χ2v) is 10.8. The molecule has 0 bridgehead atoms. The van der Waals surface area contributed by atoms with Gasteiger partial charge < -0.3 is 4.74 Å². The average molecular weight is 352 g/mol. The van der Waals surface area contributed by atoms with E-state index in [9.17, 15) is 9.59 Å². The molecule has 0 saturated heterocycles. The Labute approximate surface area is 144 Å². The molecule has 0 aliphatic carbocycles. The summed E-state index contributed by atoms with van der Waals surface area (Å²) in [6.07, 6.45) is 0. The lowest BCUT2D eigenvalue weighted by atomic mass is 9.92. The standard InChI is InChI=1S/C17H27N3O3P/c1-12(21)15-16(24(18(2)3,19(4)5)20(6)7)13-10-8-9-11-14(13)23-17(15)22/h8-11,15-16H,1-7H3/q+1. The van der Waals surface area contributed by atoms with Gasteiger partial charge >= 0.3 is 5.97 Å². The Kier molecular flexibility index (Phi) is 5.45. The zero-order valence-corrected chi connectivity index (χ0v) is 16.4. The zero-order chi connectivity index (χ0) is 18.2. The van der Waals surface area contributed by atoms with Crippen LogP contribution < -0.4 is 4.74 Å². The van der Waals surface area contributed by atoms with E-state index in [1.54, 1.807) is 6.07 Å². The van der Waals surface area contributed by atoms with Crippen molar-refractivity contribution in [3.63, 3.8) is 0 Å². The van der Waals surface area contributed by atoms with Crippen molar-refractivity contribution in [2.45, 2.75) is 12.6 Å². The van der Waals surface area contributed by atoms with E-state index in [0.717, 1.165) is 5.56 Å². The van der Waals surface area contributed by atoms with Crippen molar-refractivity contribution in [1.29, 1.82) is 0 Å². The predicted octanol–water partition coefficient (Wildman–Crippen LogP) is 2.30. The molecule has 1 aliphatic rings. The molecule has 2 atom stereocenters. The van der Waals surface area contributed by atoms with Crippen LogP contribution in [0.4, 0.5) is 0 Å². The van der Waals surface area contributed by atoms with Crippen LogP contribution in [-0.4, -0.2) is 68.0 Å². The van der Waals surface area contributed by atoms with Gasteiger partial charge in [0.05, 0.1) is 0 Å². The summed E-state index contributed by atoms with van der Waals surface area (Å²) in [6, 6.07) is 7.54. The summed E-state index contributed by atoms with van der Waals surface area (Å²) in [7, 11) is 9.86. The van der Waals surface area contributed by atoms with E-state index in [-0.39, 0.29) is 11.4 Å². The minimum absolute atomic E-state index is 0.158. The minimum atomic E-state index is -2.19. The lowest BCUT2D eigenvalue weighted by Crippen LogP contribution is -2.46. The SMILES string of the molecule is CC(=O)C1C(=O)Oc2ccccc2C1[P+](N(C)C)(N(C)C)N(C)C. The van der Waals surface area contributed by atoms with Gasteiger partial charge in [-0.25, -0.2) is 0 Å². The van der Waals surface area contributed by atoms with Crippen LogP contribution >= 0.6 is 7.71 Å². The summed E-state index contributed by atoms with van der Waals surface area (Å²) in [5.74, 6) is -0.865. The van der Waals surface area contributed by atoms with Gasteiger partial charge in [-0.05, 0) is 13.0 Å². The molecule has 6 nitrogen and oxygen atoms in total. The first-order chi connectivity index (χ1) is 11.2. The Bertz CT molecular complexity index is 624. The Morgan fingerprint density at radius 1 is 1.00 bits per heavy atom. The number of ketones is 1. The highest BCUT2D eigenvalue weighted by Crippen LogP contribution is 2.76. The first-order valence-electron chi connectivity index (χ1n) is 7.88. The van der Waals surface area contributed by atoms with E-state index in [2.05, 4.69) is 14.0 Å². The average Bonchev–Trinajstić information content (AvgIpc) is 2.45. The molecule has 1 aliphatic heterocycles. The smallest absolute Gasteiger partial charge is 0.326 e. The van der Waals surface area contributed by atoms with Crippen LogP contribution in [0.25, 0.3) is 0 Å². The van der Waals surface area contributed by atoms with Gasteiger partial charge in [0.1, 0.15) is 11.5 Å². The molecule has 7 heteroatoms. The van der Waals surface area contributed by atoms with Gasteiger partial charge in [0.2, 0.25) is 7.71 Å². The Morgan fingerprint density at radius 2 is 1.50 bits per heavy atom. The molecule has 2 unspecified atom stereocenters. The van der Waals surface area contributed by atoms with Crippen LogP contribution in [0.2, 0.25) is 0 Å². The van der Waals surface area contributed by atoms with Crippen molar-refractivity contribution in [2.75, 3.05) is 42.3 Å². The molecule has 0 fully saturated rings. The number of ether oxygens (including phenoxy) is 1. The number of fused-ring (bicyclic) bond motifs is 1. The van der Waals surface area contributed by atoms with Crippen LogP contribution in [0.1, 0.15) is 18.1 Å². The molecule has 0 saturated carbocycles. The molecular weight excluding hydrogens is 325 g/mol. The number of rotatable bonds is 5. The van der Waals surface area contributed by atoms with Crippen molar-refractivity contribution in [2.24, 2.45) is 5.92 Å². The molecule has 1 aromatic rings. The third-order valence-corrected chi connectivity index (χ3v) is 9.45. The highest BCUT2D eigenvalue weighted by atomic mass is 31.2. The summed E-state index contributed by atoms with van der Waals surface area (Å²) in [4.78, 5) is 25.0. The van der Waals surface area contributed by atoms with Gasteiger partial charge in [-0.2, -0.15) is 14.0 Å². The molecule has 2 rings (SSSR count). The molecule has 0 amide bonds. The lowest BCUT2D eigenvalue weighted by Gasteiger charge is -2.47. The Balaban J connectivity index is 2.81. The fraction of sp³-hybridized carbons (Fsp3) is 0.529. The zero-order valence-electron chi connectivity index (χ0n) is 15.5. The number of esters is 1. The summed E-state index contributed by atoms with van der Waals surface area (Å²) in [5.41, 5.74) is 0.647. The molecule has 0 radical (unpaired) electrons. The molecule has 1 aromatic carbocycles. The number of hydrogen-bond donors (Lipinski definition) is 0. The number of nitrogens with zero attached hydrogens (tertiary/aromatic N) is 3. The van der Waals surface area contributed by atoms with Gasteiger partial charge in [0.25, 0.3) is 0 Å². The second-order valence-electron chi connectivity index (χ2n) is 6.65. The molecular formula is C17H27N3O3P+. The van der Waals surface area contributed by atoms with Gasteiger partial charge in [-0.1, -0.05) is 18.2 Å². The van der Waals surface area contributed by atoms with E-state index < -0.39 is 19.6 Å². The van der Waals surface area contributed by atoms with Crippen LogP contribution in [0.5, 0.6) is 5.75 Å². The van der Waals surface area contributed by atoms with E-state index in [0.29, 0.717) is 5.75 Å². The third kappa shape index (κ3) is 2.78. The van der Waals surface area contributed by atoms with Gasteiger partial charge in [-0.3, -0.25) is 9.59 Å². The highest BCUT2D eigenvalue weighted by molar-refractivity contribution is 7.69. The molecule has 24 heavy (non-hydrogen) atoms. The van der Waals surface area contributed by atoms with Crippen molar-refractivity contribution in [3.8, 4) is 5.75 Å². The fourth-order valence-corrected chi connectivity index (χ4v) is 8.85. The summed E-state index contributed by atoms with van der Waals surface area (Å²) < 4.78 is 11.9. The molecule has 132 valence electrons. The number of Topliss-reactive ketones (excluding diaryl/α,β-unsaturated/α-hetero) is 1. The van der Waals surface area contributed by atoms with Crippen molar-refractivity contribution < 1.29 is 14.3 Å². The van der Waals surface area contributed by atoms with Gasteiger partial charge in [0, 0.05) is 47.8 Å². The monoisotopic (exact) mass is 352 g/mol. The molecule has 0 spiro atoms. The van der Waals surface area contributed by atoms with E-state index >= 15 is 0 Å². The summed E-state index contributed by atoms with van der Waals surface area (Å²) in [6.45, 7) is 1.47. The van der Waals surface area contributed by atoms with Gasteiger partial charge in [-0.15, -0.1) is 0 Å². The van der Waals surface area contributed by atoms with Gasteiger partial charge in [0.15, 0.2) is 11.6 Å². The number of hydrogen-bond acceptors (Lipinski definition) is 6. The van der Waals surface area contributed by atoms with Crippen LogP contribution in [0.15, 0.2) is 24.3 Å². The lowest BCUT2D eigenvalue weighted by molar-refractivity contribution is -0.144. The fourth-order valence-electron chi connectivity index (χ4n) is 3.89. The van der Waals surface area contributed by atoms with E-state index in [1.165, 1.54) is 6.92 Å². The number of carbonyl (C=O) groups is 2. The van der Waals surface area contributed by atoms with Crippen molar-refractivity contribution in [1.82, 2.24) is 14.0 Å². The predicted molar refractivity (Wildman–Crippen MR) is 97.0 cm³/mol. The van der Waals surface area contributed by atoms with E-state index in [1.807, 2.05) is 60.5 Å². The number of carbonyl (C=O) groups excluding carboxylic acids is 2. The maximum atomic E-state index is 12.6. The quantitative estimate of drug-likeness (QED) is 0.351. The highest BCUT2D eigenvalue weighted by Gasteiger charge is 2.63. The molecule has 0 aromatic heterocycles. The Morgan fingerprint density at radius 3 is 1.96 bits per heavy atom. The maximum absolute atomic E-state index is 12.6. The van der Waals surface area contributed by atoms with Crippen LogP contribution in [0.3, 0.4) is 0 Å². The first-order valence-corrected chi connectivity index (χ1v) is 9.60. The molecule has 1 heterocycles. The van der Waals surface area contributed by atoms with Crippen LogP contribution in [-0.2, 0) is 9.59 Å². The number of para-hydroxylation sites is 1.